The average Bonchev–Trinajstić information content (AvgIpc) is 2.74. The van der Waals surface area contributed by atoms with Gasteiger partial charge in [0.2, 0.25) is 5.91 Å². The Balaban J connectivity index is 1.96. The van der Waals surface area contributed by atoms with Crippen LogP contribution < -0.4 is 0 Å². The van der Waals surface area contributed by atoms with Crippen molar-refractivity contribution in [2.75, 3.05) is 13.1 Å². The van der Waals surface area contributed by atoms with E-state index in [0.717, 1.165) is 37.0 Å². The molecule has 1 N–H and O–H groups in total. The zero-order chi connectivity index (χ0) is 17.3. The van der Waals surface area contributed by atoms with E-state index >= 15 is 0 Å². The lowest BCUT2D eigenvalue weighted by molar-refractivity contribution is -0.131. The Morgan fingerprint density at radius 3 is 2.42 bits per heavy atom. The number of carbonyl (C=O) groups is 1. The topological polar surface area (TPSA) is 58.4 Å². The van der Waals surface area contributed by atoms with E-state index in [4.69, 9.17) is 0 Å². The smallest absolute Gasteiger partial charge is 0.242 e. The second-order valence-corrected chi connectivity index (χ2v) is 6.95. The maximum absolute atomic E-state index is 12.8. The van der Waals surface area contributed by atoms with Gasteiger partial charge in [-0.3, -0.25) is 4.79 Å². The highest BCUT2D eigenvalue weighted by Crippen LogP contribution is 2.24. The highest BCUT2D eigenvalue weighted by atomic mass is 16.3. The molecule has 0 spiro atoms. The lowest BCUT2D eigenvalue weighted by Gasteiger charge is -2.21. The van der Waals surface area contributed by atoms with Gasteiger partial charge in [0.15, 0.2) is 0 Å². The van der Waals surface area contributed by atoms with Crippen LogP contribution >= 0.6 is 0 Å². The van der Waals surface area contributed by atoms with Crippen LogP contribution in [-0.4, -0.2) is 38.6 Å². The molecule has 0 saturated carbocycles. The van der Waals surface area contributed by atoms with Gasteiger partial charge >= 0.3 is 0 Å². The first-order chi connectivity index (χ1) is 11.5. The average molecular weight is 329 g/mol. The molecule has 0 bridgehead atoms. The van der Waals surface area contributed by atoms with E-state index in [1.807, 2.05) is 15.5 Å². The molecule has 24 heavy (non-hydrogen) atoms. The first kappa shape index (κ1) is 17.0. The van der Waals surface area contributed by atoms with Crippen LogP contribution in [0.4, 0.5) is 0 Å². The minimum Gasteiger partial charge on any atom is -0.385 e. The van der Waals surface area contributed by atoms with Gasteiger partial charge < -0.3 is 14.6 Å². The number of nitrogens with zero attached hydrogens (tertiary/aromatic N) is 3. The Morgan fingerprint density at radius 2 is 1.79 bits per heavy atom. The summed E-state index contributed by atoms with van der Waals surface area (Å²) in [6.07, 6.45) is 3.87. The SMILES string of the molecule is Cc1cc2nc(C(C)O)n(CC(=O)N3CCCCCC3)c2cc1C. The lowest BCUT2D eigenvalue weighted by atomic mass is 10.1. The molecular weight excluding hydrogens is 302 g/mol. The van der Waals surface area contributed by atoms with Crippen molar-refractivity contribution in [2.24, 2.45) is 0 Å². The molecule has 1 aromatic carbocycles. The van der Waals surface area contributed by atoms with Gasteiger partial charge in [0.1, 0.15) is 18.5 Å². The number of benzene rings is 1. The number of hydrogen-bond donors (Lipinski definition) is 1. The highest BCUT2D eigenvalue weighted by Gasteiger charge is 2.21. The number of likely N-dealkylation sites (tertiary alicyclic amines) is 1. The van der Waals surface area contributed by atoms with E-state index in [1.54, 1.807) is 6.92 Å². The fourth-order valence-corrected chi connectivity index (χ4v) is 3.44. The van der Waals surface area contributed by atoms with Crippen LogP contribution in [0.3, 0.4) is 0 Å². The summed E-state index contributed by atoms with van der Waals surface area (Å²) >= 11 is 0. The molecule has 1 saturated heterocycles. The molecular formula is C19H27N3O2. The van der Waals surface area contributed by atoms with Gasteiger partial charge in [-0.1, -0.05) is 12.8 Å². The Kier molecular flexibility index (Phi) is 4.90. The predicted molar refractivity (Wildman–Crippen MR) is 94.9 cm³/mol. The first-order valence-corrected chi connectivity index (χ1v) is 8.90. The molecule has 1 fully saturated rings. The van der Waals surface area contributed by atoms with Crippen LogP contribution in [0.25, 0.3) is 11.0 Å². The zero-order valence-electron chi connectivity index (χ0n) is 14.9. The third-order valence-electron chi connectivity index (χ3n) is 5.02. The van der Waals surface area contributed by atoms with Gasteiger partial charge in [-0.05, 0) is 56.9 Å². The van der Waals surface area contributed by atoms with Crippen molar-refractivity contribution in [2.45, 2.75) is 59.1 Å². The Bertz CT molecular complexity index is 741. The fraction of sp³-hybridized carbons (Fsp3) is 0.579. The Labute approximate surface area is 143 Å². The molecule has 0 aliphatic carbocycles. The van der Waals surface area contributed by atoms with Crippen LogP contribution in [0.5, 0.6) is 0 Å². The molecule has 0 radical (unpaired) electrons. The van der Waals surface area contributed by atoms with E-state index in [2.05, 4.69) is 24.9 Å². The van der Waals surface area contributed by atoms with Gasteiger partial charge in [0.25, 0.3) is 0 Å². The van der Waals surface area contributed by atoms with Crippen molar-refractivity contribution in [3.05, 3.63) is 29.1 Å². The van der Waals surface area contributed by atoms with Gasteiger partial charge in [-0.15, -0.1) is 0 Å². The van der Waals surface area contributed by atoms with E-state index in [1.165, 1.54) is 24.0 Å². The highest BCUT2D eigenvalue weighted by molar-refractivity contribution is 5.82. The molecule has 1 amide bonds. The van der Waals surface area contributed by atoms with Gasteiger partial charge in [0, 0.05) is 13.1 Å². The molecule has 1 aromatic heterocycles. The van der Waals surface area contributed by atoms with Crippen molar-refractivity contribution in [1.29, 1.82) is 0 Å². The third kappa shape index (κ3) is 3.31. The van der Waals surface area contributed by atoms with E-state index < -0.39 is 6.10 Å². The van der Waals surface area contributed by atoms with Gasteiger partial charge in [0.05, 0.1) is 11.0 Å². The zero-order valence-corrected chi connectivity index (χ0v) is 14.9. The first-order valence-electron chi connectivity index (χ1n) is 8.90. The normalized spacial score (nSPS) is 17.1. The Morgan fingerprint density at radius 1 is 1.17 bits per heavy atom. The monoisotopic (exact) mass is 329 g/mol. The summed E-state index contributed by atoms with van der Waals surface area (Å²) in [5.41, 5.74) is 4.11. The molecule has 3 rings (SSSR count). The van der Waals surface area contributed by atoms with E-state index in [9.17, 15) is 9.90 Å². The summed E-state index contributed by atoms with van der Waals surface area (Å²) in [6.45, 7) is 7.75. The maximum atomic E-state index is 12.8. The van der Waals surface area contributed by atoms with Gasteiger partial charge in [-0.2, -0.15) is 0 Å². The lowest BCUT2D eigenvalue weighted by Crippen LogP contribution is -2.35. The van der Waals surface area contributed by atoms with Crippen molar-refractivity contribution < 1.29 is 9.90 Å². The molecule has 5 heteroatoms. The summed E-state index contributed by atoms with van der Waals surface area (Å²) in [4.78, 5) is 19.3. The summed E-state index contributed by atoms with van der Waals surface area (Å²) in [5, 5.41) is 10.1. The molecule has 1 aliphatic heterocycles. The van der Waals surface area contributed by atoms with Crippen LogP contribution in [0, 0.1) is 13.8 Å². The number of rotatable bonds is 3. The second kappa shape index (κ2) is 6.93. The standard InChI is InChI=1S/C19H27N3O2/c1-13-10-16-17(11-14(13)2)22(19(20-16)15(3)23)12-18(24)21-8-6-4-5-7-9-21/h10-11,15,23H,4-9,12H2,1-3H3. The molecule has 1 aliphatic rings. The van der Waals surface area contributed by atoms with Crippen LogP contribution in [-0.2, 0) is 11.3 Å². The molecule has 130 valence electrons. The van der Waals surface area contributed by atoms with Crippen molar-refractivity contribution >= 4 is 16.9 Å². The van der Waals surface area contributed by atoms with E-state index in [0.29, 0.717) is 5.82 Å². The van der Waals surface area contributed by atoms with Crippen LogP contribution in [0.1, 0.15) is 55.7 Å². The largest absolute Gasteiger partial charge is 0.385 e. The molecule has 1 unspecified atom stereocenters. The summed E-state index contributed by atoms with van der Waals surface area (Å²) < 4.78 is 1.89. The number of fused-ring (bicyclic) bond motifs is 1. The van der Waals surface area contributed by atoms with Crippen molar-refractivity contribution in [1.82, 2.24) is 14.5 Å². The number of aliphatic hydroxyl groups is 1. The number of aliphatic hydroxyl groups excluding tert-OH is 1. The number of aryl methyl sites for hydroxylation is 2. The van der Waals surface area contributed by atoms with Crippen molar-refractivity contribution in [3.63, 3.8) is 0 Å². The third-order valence-corrected chi connectivity index (χ3v) is 5.02. The Hall–Kier alpha value is -1.88. The number of imidazole rings is 1. The molecule has 1 atom stereocenters. The summed E-state index contributed by atoms with van der Waals surface area (Å²) in [6, 6.07) is 4.10. The quantitative estimate of drug-likeness (QED) is 0.941. The molecule has 2 aromatic rings. The number of hydrogen-bond acceptors (Lipinski definition) is 3. The summed E-state index contributed by atoms with van der Waals surface area (Å²) in [5.74, 6) is 0.689. The number of carbonyl (C=O) groups excluding carboxylic acids is 1. The minimum atomic E-state index is -0.699. The number of amides is 1. The van der Waals surface area contributed by atoms with Gasteiger partial charge in [-0.25, -0.2) is 4.98 Å². The van der Waals surface area contributed by atoms with Crippen LogP contribution in [0.15, 0.2) is 12.1 Å². The fourth-order valence-electron chi connectivity index (χ4n) is 3.44. The summed E-state index contributed by atoms with van der Waals surface area (Å²) in [7, 11) is 0. The van der Waals surface area contributed by atoms with Crippen molar-refractivity contribution in [3.8, 4) is 0 Å². The minimum absolute atomic E-state index is 0.122. The number of aromatic nitrogens is 2. The predicted octanol–water partition coefficient (Wildman–Crippen LogP) is 3.11. The van der Waals surface area contributed by atoms with E-state index in [-0.39, 0.29) is 12.5 Å². The molecule has 5 nitrogen and oxygen atoms in total. The second-order valence-electron chi connectivity index (χ2n) is 6.95. The maximum Gasteiger partial charge on any atom is 0.242 e. The van der Waals surface area contributed by atoms with Crippen LogP contribution in [0.2, 0.25) is 0 Å². The molecule has 2 heterocycles.